The van der Waals surface area contributed by atoms with Crippen molar-refractivity contribution in [3.05, 3.63) is 77.5 Å². The van der Waals surface area contributed by atoms with Crippen LogP contribution in [0.2, 0.25) is 0 Å². The highest BCUT2D eigenvalue weighted by atomic mass is 79.9. The zero-order valence-electron chi connectivity index (χ0n) is 14.4. The van der Waals surface area contributed by atoms with E-state index in [0.717, 1.165) is 39.7 Å². The van der Waals surface area contributed by atoms with Crippen molar-refractivity contribution in [1.82, 2.24) is 9.97 Å². The van der Waals surface area contributed by atoms with E-state index in [9.17, 15) is 0 Å². The van der Waals surface area contributed by atoms with Crippen LogP contribution in [0, 0.1) is 0 Å². The largest absolute Gasteiger partial charge is 0.382 e. The molecule has 0 aliphatic carbocycles. The van der Waals surface area contributed by atoms with E-state index in [2.05, 4.69) is 47.9 Å². The second-order valence-electron chi connectivity index (χ2n) is 5.58. The Bertz CT molecular complexity index is 895. The van der Waals surface area contributed by atoms with Crippen LogP contribution in [0.1, 0.15) is 6.92 Å². The van der Waals surface area contributed by atoms with Crippen LogP contribution >= 0.6 is 15.9 Å². The molecule has 0 aliphatic heterocycles. The molecule has 1 aromatic heterocycles. The molecule has 3 rings (SSSR count). The Balaban J connectivity index is 1.69. The highest BCUT2D eigenvalue weighted by molar-refractivity contribution is 9.10. The first-order chi connectivity index (χ1) is 12.7. The molecule has 5 nitrogen and oxygen atoms in total. The highest BCUT2D eigenvalue weighted by Crippen LogP contribution is 2.22. The summed E-state index contributed by atoms with van der Waals surface area (Å²) in [5, 5.41) is 9.93. The van der Waals surface area contributed by atoms with Gasteiger partial charge in [0.15, 0.2) is 0 Å². The third-order valence-corrected chi connectivity index (χ3v) is 4.05. The Morgan fingerprint density at radius 3 is 2.23 bits per heavy atom. The number of anilines is 5. The quantitative estimate of drug-likeness (QED) is 0.435. The molecule has 1 heterocycles. The summed E-state index contributed by atoms with van der Waals surface area (Å²) in [5.74, 6) is 1.45. The third-order valence-electron chi connectivity index (χ3n) is 3.56. The second-order valence-corrected chi connectivity index (χ2v) is 6.50. The van der Waals surface area contributed by atoms with E-state index >= 15 is 0 Å². The second kappa shape index (κ2) is 9.01. The molecule has 0 unspecified atom stereocenters. The number of halogens is 1. The molecule has 3 N–H and O–H groups in total. The molecule has 0 amide bonds. The number of nitrogens with zero attached hydrogens (tertiary/aromatic N) is 2. The molecule has 0 radical (unpaired) electrons. The third kappa shape index (κ3) is 5.32. The van der Waals surface area contributed by atoms with E-state index in [1.807, 2.05) is 67.6 Å². The molecule has 2 aromatic carbocycles. The van der Waals surface area contributed by atoms with Crippen molar-refractivity contribution in [2.75, 3.05) is 22.5 Å². The summed E-state index contributed by atoms with van der Waals surface area (Å²) in [4.78, 5) is 8.57. The summed E-state index contributed by atoms with van der Waals surface area (Å²) in [6, 6.07) is 17.9. The predicted octanol–water partition coefficient (Wildman–Crippen LogP) is 5.71. The lowest BCUT2D eigenvalue weighted by atomic mass is 10.2. The molecule has 3 aromatic rings. The summed E-state index contributed by atoms with van der Waals surface area (Å²) < 4.78 is 1.01. The average molecular weight is 410 g/mol. The zero-order chi connectivity index (χ0) is 18.2. The molecule has 0 bridgehead atoms. The van der Waals surface area contributed by atoms with E-state index in [1.54, 1.807) is 0 Å². The van der Waals surface area contributed by atoms with Gasteiger partial charge in [-0.25, -0.2) is 9.97 Å². The lowest BCUT2D eigenvalue weighted by Gasteiger charge is -2.10. The van der Waals surface area contributed by atoms with Gasteiger partial charge < -0.3 is 16.0 Å². The Labute approximate surface area is 161 Å². The minimum absolute atomic E-state index is 0.725. The Kier molecular flexibility index (Phi) is 6.22. The smallest absolute Gasteiger partial charge is 0.135 e. The fraction of sp³-hybridized carbons (Fsp3) is 0.100. The maximum Gasteiger partial charge on any atom is 0.135 e. The van der Waals surface area contributed by atoms with Crippen molar-refractivity contribution in [2.24, 2.45) is 0 Å². The van der Waals surface area contributed by atoms with Crippen molar-refractivity contribution < 1.29 is 0 Å². The van der Waals surface area contributed by atoms with Crippen LogP contribution in [0.5, 0.6) is 0 Å². The van der Waals surface area contributed by atoms with Gasteiger partial charge >= 0.3 is 0 Å². The Morgan fingerprint density at radius 1 is 0.885 bits per heavy atom. The lowest BCUT2D eigenvalue weighted by Crippen LogP contribution is -2.00. The number of hydrogen-bond donors (Lipinski definition) is 3. The standard InChI is InChI=1S/C20H20BrN5/c1-2-3-10-22-16-7-5-9-18(12-16)26-20-13-19(23-14-24-20)25-17-8-4-6-15(21)11-17/h2-9,11-14,22H,10H2,1H3,(H2,23,24,25,26)/b3-2+. The van der Waals surface area contributed by atoms with E-state index < -0.39 is 0 Å². The van der Waals surface area contributed by atoms with Crippen molar-refractivity contribution >= 4 is 44.6 Å². The lowest BCUT2D eigenvalue weighted by molar-refractivity contribution is 1.17. The van der Waals surface area contributed by atoms with Gasteiger partial charge in [-0.05, 0) is 43.3 Å². The molecular formula is C20H20BrN5. The van der Waals surface area contributed by atoms with Gasteiger partial charge in [-0.2, -0.15) is 0 Å². The van der Waals surface area contributed by atoms with Gasteiger partial charge in [0, 0.05) is 34.1 Å². The molecule has 0 saturated heterocycles. The van der Waals surface area contributed by atoms with Gasteiger partial charge in [0.2, 0.25) is 0 Å². The number of rotatable bonds is 7. The van der Waals surface area contributed by atoms with E-state index in [1.165, 1.54) is 6.33 Å². The van der Waals surface area contributed by atoms with Crippen molar-refractivity contribution in [3.8, 4) is 0 Å². The maximum atomic E-state index is 4.30. The van der Waals surface area contributed by atoms with Gasteiger partial charge in [-0.15, -0.1) is 0 Å². The molecule has 26 heavy (non-hydrogen) atoms. The first-order valence-electron chi connectivity index (χ1n) is 8.30. The predicted molar refractivity (Wildman–Crippen MR) is 112 cm³/mol. The van der Waals surface area contributed by atoms with Crippen molar-refractivity contribution in [3.63, 3.8) is 0 Å². The minimum Gasteiger partial charge on any atom is -0.382 e. The molecule has 132 valence electrons. The summed E-state index contributed by atoms with van der Waals surface area (Å²) in [7, 11) is 0. The van der Waals surface area contributed by atoms with Crippen LogP contribution in [0.3, 0.4) is 0 Å². The Morgan fingerprint density at radius 2 is 1.54 bits per heavy atom. The van der Waals surface area contributed by atoms with Crippen LogP contribution in [-0.4, -0.2) is 16.5 Å². The molecule has 0 aliphatic rings. The zero-order valence-corrected chi connectivity index (χ0v) is 16.0. The molecule has 6 heteroatoms. The fourth-order valence-corrected chi connectivity index (χ4v) is 2.76. The fourth-order valence-electron chi connectivity index (χ4n) is 2.36. The monoisotopic (exact) mass is 409 g/mol. The molecule has 0 atom stereocenters. The number of hydrogen-bond acceptors (Lipinski definition) is 5. The van der Waals surface area contributed by atoms with Gasteiger partial charge in [-0.3, -0.25) is 0 Å². The van der Waals surface area contributed by atoms with Crippen LogP contribution in [0.4, 0.5) is 28.7 Å². The minimum atomic E-state index is 0.725. The topological polar surface area (TPSA) is 61.9 Å². The van der Waals surface area contributed by atoms with Crippen LogP contribution in [0.25, 0.3) is 0 Å². The molecular weight excluding hydrogens is 390 g/mol. The first-order valence-corrected chi connectivity index (χ1v) is 9.09. The Hall–Kier alpha value is -2.86. The maximum absolute atomic E-state index is 4.30. The van der Waals surface area contributed by atoms with E-state index in [4.69, 9.17) is 0 Å². The first kappa shape index (κ1) is 17.9. The van der Waals surface area contributed by atoms with Gasteiger partial charge in [0.05, 0.1) is 0 Å². The van der Waals surface area contributed by atoms with Crippen molar-refractivity contribution in [2.45, 2.75) is 6.92 Å². The summed E-state index contributed by atoms with van der Waals surface area (Å²) in [6.07, 6.45) is 5.64. The molecule has 0 spiro atoms. The summed E-state index contributed by atoms with van der Waals surface area (Å²) >= 11 is 3.47. The van der Waals surface area contributed by atoms with Crippen molar-refractivity contribution in [1.29, 1.82) is 0 Å². The van der Waals surface area contributed by atoms with E-state index in [-0.39, 0.29) is 0 Å². The van der Waals surface area contributed by atoms with Crippen LogP contribution in [-0.2, 0) is 0 Å². The molecule has 0 saturated carbocycles. The average Bonchev–Trinajstić information content (AvgIpc) is 2.63. The van der Waals surface area contributed by atoms with Gasteiger partial charge in [-0.1, -0.05) is 40.2 Å². The molecule has 0 fully saturated rings. The number of aromatic nitrogens is 2. The number of benzene rings is 2. The van der Waals surface area contributed by atoms with Crippen LogP contribution in [0.15, 0.2) is 77.5 Å². The van der Waals surface area contributed by atoms with Gasteiger partial charge in [0.25, 0.3) is 0 Å². The number of allylic oxidation sites excluding steroid dienone is 1. The number of nitrogens with one attached hydrogen (secondary N) is 3. The normalized spacial score (nSPS) is 10.7. The summed E-state index contributed by atoms with van der Waals surface area (Å²) in [5.41, 5.74) is 2.97. The van der Waals surface area contributed by atoms with E-state index in [0.29, 0.717) is 0 Å². The SMILES string of the molecule is C/C=C/CNc1cccc(Nc2cc(Nc3cccc(Br)c3)ncn2)c1. The van der Waals surface area contributed by atoms with Crippen LogP contribution < -0.4 is 16.0 Å². The highest BCUT2D eigenvalue weighted by Gasteiger charge is 2.02. The van der Waals surface area contributed by atoms with Gasteiger partial charge in [0.1, 0.15) is 18.0 Å². The summed E-state index contributed by atoms with van der Waals surface area (Å²) in [6.45, 7) is 2.81.